The van der Waals surface area contributed by atoms with Gasteiger partial charge in [0.05, 0.1) is 5.56 Å². The van der Waals surface area contributed by atoms with E-state index in [4.69, 9.17) is 4.74 Å². The third kappa shape index (κ3) is 3.19. The minimum Gasteiger partial charge on any atom is -0.454 e. The number of esters is 1. The van der Waals surface area contributed by atoms with Crippen molar-refractivity contribution < 1.29 is 9.53 Å². The predicted molar refractivity (Wildman–Crippen MR) is 74.0 cm³/mol. The predicted octanol–water partition coefficient (Wildman–Crippen LogP) is 3.62. The molecule has 2 aromatic rings. The second kappa shape index (κ2) is 5.65. The van der Waals surface area contributed by atoms with Crippen LogP contribution in [-0.4, -0.2) is 11.0 Å². The number of carbonyl (C=O) groups is 1. The second-order valence-electron chi connectivity index (χ2n) is 4.63. The highest BCUT2D eigenvalue weighted by atomic mass is 16.5. The number of carbonyl (C=O) groups excluding carboxylic acids is 1. The second-order valence-corrected chi connectivity index (χ2v) is 4.63. The summed E-state index contributed by atoms with van der Waals surface area (Å²) in [6.07, 6.45) is 3.10. The lowest BCUT2D eigenvalue weighted by Crippen LogP contribution is -2.09. The van der Waals surface area contributed by atoms with Crippen LogP contribution in [0.1, 0.15) is 40.1 Å². The van der Waals surface area contributed by atoms with Gasteiger partial charge in [-0.1, -0.05) is 12.1 Å². The first-order valence-electron chi connectivity index (χ1n) is 6.26. The molecule has 1 aromatic heterocycles. The topological polar surface area (TPSA) is 39.2 Å². The van der Waals surface area contributed by atoms with Gasteiger partial charge in [-0.05, 0) is 50.1 Å². The lowest BCUT2D eigenvalue weighted by Gasteiger charge is -2.13. The Hall–Kier alpha value is -2.16. The molecule has 0 saturated carbocycles. The molecule has 0 fully saturated rings. The molecule has 1 aromatic carbocycles. The summed E-state index contributed by atoms with van der Waals surface area (Å²) in [4.78, 5) is 16.1. The smallest absolute Gasteiger partial charge is 0.338 e. The van der Waals surface area contributed by atoms with Crippen molar-refractivity contribution >= 4 is 5.97 Å². The summed E-state index contributed by atoms with van der Waals surface area (Å²) >= 11 is 0. The summed E-state index contributed by atoms with van der Waals surface area (Å²) in [5, 5.41) is 0. The first kappa shape index (κ1) is 13.3. The first-order valence-corrected chi connectivity index (χ1v) is 6.26. The highest BCUT2D eigenvalue weighted by molar-refractivity contribution is 5.89. The van der Waals surface area contributed by atoms with Gasteiger partial charge >= 0.3 is 5.97 Å². The van der Waals surface area contributed by atoms with Crippen LogP contribution in [0.4, 0.5) is 0 Å². The number of benzene rings is 1. The minimum absolute atomic E-state index is 0.303. The van der Waals surface area contributed by atoms with E-state index in [9.17, 15) is 4.79 Å². The number of ether oxygens (including phenoxy) is 1. The number of hydrogen-bond acceptors (Lipinski definition) is 3. The molecule has 1 unspecified atom stereocenters. The number of nitrogens with zero attached hydrogens (tertiary/aromatic N) is 1. The van der Waals surface area contributed by atoms with Gasteiger partial charge in [0.2, 0.25) is 0 Å². The van der Waals surface area contributed by atoms with Gasteiger partial charge in [-0.2, -0.15) is 0 Å². The Morgan fingerprint density at radius 2 is 2.00 bits per heavy atom. The molecule has 98 valence electrons. The lowest BCUT2D eigenvalue weighted by molar-refractivity contribution is 0.0337. The summed E-state index contributed by atoms with van der Waals surface area (Å²) < 4.78 is 5.44. The van der Waals surface area contributed by atoms with Crippen LogP contribution < -0.4 is 0 Å². The van der Waals surface area contributed by atoms with Crippen molar-refractivity contribution in [2.24, 2.45) is 0 Å². The van der Waals surface area contributed by atoms with E-state index in [1.54, 1.807) is 18.5 Å². The molecule has 0 aliphatic carbocycles. The molecule has 1 heterocycles. The van der Waals surface area contributed by atoms with E-state index in [1.165, 1.54) is 0 Å². The van der Waals surface area contributed by atoms with Crippen molar-refractivity contribution in [2.45, 2.75) is 26.9 Å². The molecule has 0 aliphatic rings. The number of rotatable bonds is 3. The Kier molecular flexibility index (Phi) is 3.95. The van der Waals surface area contributed by atoms with Crippen molar-refractivity contribution in [1.29, 1.82) is 0 Å². The van der Waals surface area contributed by atoms with Gasteiger partial charge in [0.1, 0.15) is 6.10 Å². The Labute approximate surface area is 113 Å². The molecule has 0 aliphatic heterocycles. The quantitative estimate of drug-likeness (QED) is 0.786. The number of aromatic nitrogens is 1. The molecule has 2 rings (SSSR count). The summed E-state index contributed by atoms with van der Waals surface area (Å²) in [6.45, 7) is 5.84. The molecular formula is C16H17NO2. The minimum atomic E-state index is -0.306. The van der Waals surface area contributed by atoms with E-state index in [-0.39, 0.29) is 12.1 Å². The molecule has 0 N–H and O–H groups in total. The van der Waals surface area contributed by atoms with E-state index >= 15 is 0 Å². The third-order valence-electron chi connectivity index (χ3n) is 3.18. The van der Waals surface area contributed by atoms with Gasteiger partial charge in [-0.25, -0.2) is 4.79 Å². The van der Waals surface area contributed by atoms with Crippen LogP contribution in [-0.2, 0) is 4.74 Å². The summed E-state index contributed by atoms with van der Waals surface area (Å²) in [5.41, 5.74) is 3.72. The van der Waals surface area contributed by atoms with Gasteiger partial charge in [0.15, 0.2) is 0 Å². The van der Waals surface area contributed by atoms with E-state index in [0.717, 1.165) is 16.7 Å². The summed E-state index contributed by atoms with van der Waals surface area (Å²) in [5.74, 6) is -0.306. The van der Waals surface area contributed by atoms with Gasteiger partial charge < -0.3 is 4.74 Å². The van der Waals surface area contributed by atoms with Crippen LogP contribution in [0.2, 0.25) is 0 Å². The average molecular weight is 255 g/mol. The number of aryl methyl sites for hydroxylation is 2. The molecule has 0 bridgehead atoms. The Morgan fingerprint density at radius 1 is 1.21 bits per heavy atom. The normalized spacial score (nSPS) is 11.9. The average Bonchev–Trinajstić information content (AvgIpc) is 2.42. The van der Waals surface area contributed by atoms with Crippen LogP contribution in [0.3, 0.4) is 0 Å². The first-order chi connectivity index (χ1) is 9.08. The van der Waals surface area contributed by atoms with Gasteiger partial charge in [-0.15, -0.1) is 0 Å². The van der Waals surface area contributed by atoms with E-state index in [0.29, 0.717) is 5.56 Å². The number of pyridine rings is 1. The zero-order valence-corrected chi connectivity index (χ0v) is 11.4. The molecule has 0 saturated heterocycles. The zero-order chi connectivity index (χ0) is 13.8. The fraction of sp³-hybridized carbons (Fsp3) is 0.250. The Bertz CT molecular complexity index is 579. The molecule has 0 spiro atoms. The number of hydrogen-bond donors (Lipinski definition) is 0. The van der Waals surface area contributed by atoms with Gasteiger partial charge in [0.25, 0.3) is 0 Å². The molecule has 19 heavy (non-hydrogen) atoms. The van der Waals surface area contributed by atoms with Crippen molar-refractivity contribution in [3.05, 3.63) is 65.0 Å². The third-order valence-corrected chi connectivity index (χ3v) is 3.18. The Balaban J connectivity index is 2.11. The molecule has 3 heteroatoms. The van der Waals surface area contributed by atoms with E-state index < -0.39 is 0 Å². The Morgan fingerprint density at radius 3 is 2.63 bits per heavy atom. The zero-order valence-electron chi connectivity index (χ0n) is 11.4. The van der Waals surface area contributed by atoms with Gasteiger partial charge in [-0.3, -0.25) is 4.98 Å². The fourth-order valence-electron chi connectivity index (χ4n) is 1.78. The van der Waals surface area contributed by atoms with Crippen LogP contribution >= 0.6 is 0 Å². The summed E-state index contributed by atoms with van der Waals surface area (Å²) in [6, 6.07) is 9.30. The maximum Gasteiger partial charge on any atom is 0.338 e. The van der Waals surface area contributed by atoms with E-state index in [2.05, 4.69) is 4.98 Å². The van der Waals surface area contributed by atoms with Crippen molar-refractivity contribution in [3.8, 4) is 0 Å². The molecular weight excluding hydrogens is 238 g/mol. The SMILES string of the molecule is Cc1ccc(C(=O)OC(C)c2cccnc2)cc1C. The van der Waals surface area contributed by atoms with Crippen LogP contribution in [0.25, 0.3) is 0 Å². The van der Waals surface area contributed by atoms with Crippen LogP contribution in [0.5, 0.6) is 0 Å². The molecule has 1 atom stereocenters. The highest BCUT2D eigenvalue weighted by Gasteiger charge is 2.14. The molecule has 0 amide bonds. The van der Waals surface area contributed by atoms with Gasteiger partial charge in [0, 0.05) is 18.0 Å². The van der Waals surface area contributed by atoms with Crippen molar-refractivity contribution in [2.75, 3.05) is 0 Å². The van der Waals surface area contributed by atoms with Crippen molar-refractivity contribution in [1.82, 2.24) is 4.98 Å². The maximum absolute atomic E-state index is 12.0. The standard InChI is InChI=1S/C16H17NO2/c1-11-6-7-14(9-12(11)2)16(18)19-13(3)15-5-4-8-17-10-15/h4-10,13H,1-3H3. The van der Waals surface area contributed by atoms with E-state index in [1.807, 2.05) is 45.0 Å². The largest absolute Gasteiger partial charge is 0.454 e. The van der Waals surface area contributed by atoms with Crippen LogP contribution in [0.15, 0.2) is 42.7 Å². The lowest BCUT2D eigenvalue weighted by atomic mass is 10.1. The molecule has 3 nitrogen and oxygen atoms in total. The monoisotopic (exact) mass is 255 g/mol. The van der Waals surface area contributed by atoms with Crippen LogP contribution in [0, 0.1) is 13.8 Å². The van der Waals surface area contributed by atoms with Crippen molar-refractivity contribution in [3.63, 3.8) is 0 Å². The maximum atomic E-state index is 12.0. The highest BCUT2D eigenvalue weighted by Crippen LogP contribution is 2.18. The fourth-order valence-corrected chi connectivity index (χ4v) is 1.78. The summed E-state index contributed by atoms with van der Waals surface area (Å²) in [7, 11) is 0. The molecule has 0 radical (unpaired) electrons.